The summed E-state index contributed by atoms with van der Waals surface area (Å²) in [7, 11) is 1.58. The number of hydrogen-bond donors (Lipinski definition) is 2. The van der Waals surface area contributed by atoms with Crippen LogP contribution < -0.4 is 10.6 Å². The summed E-state index contributed by atoms with van der Waals surface area (Å²) in [6, 6.07) is 9.84. The summed E-state index contributed by atoms with van der Waals surface area (Å²) < 4.78 is 13.5. The van der Waals surface area contributed by atoms with Crippen molar-refractivity contribution in [3.05, 3.63) is 59.7 Å². The number of amides is 1. The molecule has 0 aliphatic heterocycles. The molecule has 0 saturated carbocycles. The molecule has 2 rings (SSSR count). The van der Waals surface area contributed by atoms with Crippen LogP contribution in [0.5, 0.6) is 0 Å². The maximum absolute atomic E-state index is 13.5. The van der Waals surface area contributed by atoms with Gasteiger partial charge in [0.1, 0.15) is 5.82 Å². The lowest BCUT2D eigenvalue weighted by atomic mass is 10.1. The van der Waals surface area contributed by atoms with E-state index in [-0.39, 0.29) is 17.2 Å². The molecule has 0 unspecified atom stereocenters. The van der Waals surface area contributed by atoms with E-state index in [0.29, 0.717) is 6.54 Å². The molecule has 2 aromatic rings. The Morgan fingerprint density at radius 3 is 2.79 bits per heavy atom. The summed E-state index contributed by atoms with van der Waals surface area (Å²) >= 11 is 0. The Morgan fingerprint density at radius 2 is 2.11 bits per heavy atom. The number of aromatic nitrogens is 1. The van der Waals surface area contributed by atoms with Crippen molar-refractivity contribution in [1.29, 1.82) is 0 Å². The van der Waals surface area contributed by atoms with E-state index >= 15 is 0 Å². The number of pyridine rings is 1. The molecule has 0 aliphatic rings. The molecular weight excluding hydrogens is 245 g/mol. The van der Waals surface area contributed by atoms with E-state index < -0.39 is 5.82 Å². The molecule has 4 nitrogen and oxygen atoms in total. The molecule has 1 aromatic carbocycles. The highest BCUT2D eigenvalue weighted by molar-refractivity contribution is 5.99. The minimum absolute atomic E-state index is 0.195. The van der Waals surface area contributed by atoms with Crippen molar-refractivity contribution in [2.24, 2.45) is 0 Å². The van der Waals surface area contributed by atoms with Crippen molar-refractivity contribution >= 4 is 11.6 Å². The molecule has 1 heterocycles. The van der Waals surface area contributed by atoms with Crippen LogP contribution in [0, 0.1) is 5.82 Å². The number of hydrogen-bond acceptors (Lipinski definition) is 3. The first-order valence-corrected chi connectivity index (χ1v) is 5.86. The predicted octanol–water partition coefficient (Wildman–Crippen LogP) is 2.19. The normalized spacial score (nSPS) is 10.0. The van der Waals surface area contributed by atoms with Gasteiger partial charge in [-0.25, -0.2) is 4.39 Å². The molecule has 0 aliphatic carbocycles. The smallest absolute Gasteiger partial charge is 0.253 e. The molecule has 5 heteroatoms. The van der Waals surface area contributed by atoms with E-state index in [2.05, 4.69) is 15.6 Å². The minimum Gasteiger partial charge on any atom is -0.385 e. The molecule has 1 aromatic heterocycles. The quantitative estimate of drug-likeness (QED) is 0.885. The van der Waals surface area contributed by atoms with Gasteiger partial charge in [-0.1, -0.05) is 12.1 Å². The lowest BCUT2D eigenvalue weighted by Crippen LogP contribution is -2.24. The summed E-state index contributed by atoms with van der Waals surface area (Å²) in [4.78, 5) is 16.1. The first kappa shape index (κ1) is 13.0. The number of para-hydroxylation sites is 1. The van der Waals surface area contributed by atoms with E-state index in [1.165, 1.54) is 12.1 Å². The zero-order valence-corrected chi connectivity index (χ0v) is 10.5. The largest absolute Gasteiger partial charge is 0.385 e. The number of halogens is 1. The van der Waals surface area contributed by atoms with Crippen LogP contribution in [0.2, 0.25) is 0 Å². The van der Waals surface area contributed by atoms with Gasteiger partial charge >= 0.3 is 0 Å². The molecule has 0 bridgehead atoms. The van der Waals surface area contributed by atoms with Gasteiger partial charge in [0.15, 0.2) is 0 Å². The third kappa shape index (κ3) is 3.07. The number of rotatable bonds is 4. The fourth-order valence-electron chi connectivity index (χ4n) is 1.74. The van der Waals surface area contributed by atoms with Crippen LogP contribution in [0.3, 0.4) is 0 Å². The van der Waals surface area contributed by atoms with E-state index in [1.54, 1.807) is 25.4 Å². The topological polar surface area (TPSA) is 54.0 Å². The molecule has 0 radical (unpaired) electrons. The van der Waals surface area contributed by atoms with Crippen LogP contribution >= 0.6 is 0 Å². The number of carbonyl (C=O) groups excluding carboxylic acids is 1. The van der Waals surface area contributed by atoms with Crippen LogP contribution in [0.1, 0.15) is 16.1 Å². The third-order valence-electron chi connectivity index (χ3n) is 2.66. The average Bonchev–Trinajstić information content (AvgIpc) is 2.45. The average molecular weight is 259 g/mol. The van der Waals surface area contributed by atoms with E-state index in [1.807, 2.05) is 12.1 Å². The molecule has 98 valence electrons. The Balaban J connectivity index is 2.10. The SMILES string of the molecule is CNc1c(F)cccc1C(=O)NCc1ccccn1. The van der Waals surface area contributed by atoms with Gasteiger partial charge in [0.2, 0.25) is 0 Å². The standard InChI is InChI=1S/C14H14FN3O/c1-16-13-11(6-4-7-12(13)15)14(19)18-9-10-5-2-3-8-17-10/h2-8,16H,9H2,1H3,(H,18,19). The molecule has 0 spiro atoms. The number of nitrogens with one attached hydrogen (secondary N) is 2. The Kier molecular flexibility index (Phi) is 4.07. The van der Waals surface area contributed by atoms with Gasteiger partial charge in [0.05, 0.1) is 23.5 Å². The van der Waals surface area contributed by atoms with Gasteiger partial charge < -0.3 is 10.6 Å². The number of benzene rings is 1. The summed E-state index contributed by atoms with van der Waals surface area (Å²) in [6.45, 7) is 0.305. The van der Waals surface area contributed by atoms with Crippen molar-refractivity contribution in [2.45, 2.75) is 6.54 Å². The van der Waals surface area contributed by atoms with Crippen LogP contribution in [0.4, 0.5) is 10.1 Å². The lowest BCUT2D eigenvalue weighted by molar-refractivity contribution is 0.0951. The van der Waals surface area contributed by atoms with Gasteiger partial charge in [-0.15, -0.1) is 0 Å². The minimum atomic E-state index is -0.451. The Hall–Kier alpha value is -2.43. The molecule has 1 amide bonds. The number of carbonyl (C=O) groups is 1. The highest BCUT2D eigenvalue weighted by Crippen LogP contribution is 2.18. The van der Waals surface area contributed by atoms with Crippen molar-refractivity contribution in [3.63, 3.8) is 0 Å². The molecule has 2 N–H and O–H groups in total. The van der Waals surface area contributed by atoms with Crippen molar-refractivity contribution in [1.82, 2.24) is 10.3 Å². The van der Waals surface area contributed by atoms with Crippen molar-refractivity contribution < 1.29 is 9.18 Å². The van der Waals surface area contributed by atoms with Crippen molar-refractivity contribution in [2.75, 3.05) is 12.4 Å². The van der Waals surface area contributed by atoms with Gasteiger partial charge in [-0.2, -0.15) is 0 Å². The van der Waals surface area contributed by atoms with Crippen LogP contribution in [0.15, 0.2) is 42.6 Å². The first-order valence-electron chi connectivity index (χ1n) is 5.86. The Labute approximate surface area is 110 Å². The van der Waals surface area contributed by atoms with E-state index in [4.69, 9.17) is 0 Å². The second kappa shape index (κ2) is 5.95. The zero-order chi connectivity index (χ0) is 13.7. The molecule has 0 saturated heterocycles. The maximum atomic E-state index is 13.5. The highest BCUT2D eigenvalue weighted by Gasteiger charge is 2.13. The first-order chi connectivity index (χ1) is 9.22. The molecule has 0 atom stereocenters. The summed E-state index contributed by atoms with van der Waals surface area (Å²) in [5, 5.41) is 5.40. The lowest BCUT2D eigenvalue weighted by Gasteiger charge is -2.10. The van der Waals surface area contributed by atoms with Crippen LogP contribution in [-0.2, 0) is 6.54 Å². The van der Waals surface area contributed by atoms with E-state index in [0.717, 1.165) is 5.69 Å². The van der Waals surface area contributed by atoms with Crippen molar-refractivity contribution in [3.8, 4) is 0 Å². The monoisotopic (exact) mass is 259 g/mol. The summed E-state index contributed by atoms with van der Waals surface area (Å²) in [6.07, 6.45) is 1.66. The second-order valence-corrected chi connectivity index (χ2v) is 3.92. The third-order valence-corrected chi connectivity index (χ3v) is 2.66. The van der Waals surface area contributed by atoms with E-state index in [9.17, 15) is 9.18 Å². The zero-order valence-electron chi connectivity index (χ0n) is 10.5. The fourth-order valence-corrected chi connectivity index (χ4v) is 1.74. The van der Waals surface area contributed by atoms with Crippen LogP contribution in [0.25, 0.3) is 0 Å². The van der Waals surface area contributed by atoms with Gasteiger partial charge in [0, 0.05) is 13.2 Å². The molecule has 19 heavy (non-hydrogen) atoms. The van der Waals surface area contributed by atoms with Gasteiger partial charge in [0.25, 0.3) is 5.91 Å². The van der Waals surface area contributed by atoms with Gasteiger partial charge in [-0.3, -0.25) is 9.78 Å². The summed E-state index contributed by atoms with van der Waals surface area (Å²) in [5.41, 5.74) is 1.22. The maximum Gasteiger partial charge on any atom is 0.253 e. The molecule has 0 fully saturated rings. The Morgan fingerprint density at radius 1 is 1.26 bits per heavy atom. The Bertz CT molecular complexity index is 572. The molecular formula is C14H14FN3O. The van der Waals surface area contributed by atoms with Crippen LogP contribution in [-0.4, -0.2) is 17.9 Å². The second-order valence-electron chi connectivity index (χ2n) is 3.92. The highest BCUT2D eigenvalue weighted by atomic mass is 19.1. The summed E-state index contributed by atoms with van der Waals surface area (Å²) in [5.74, 6) is -0.789. The fraction of sp³-hybridized carbons (Fsp3) is 0.143. The predicted molar refractivity (Wildman–Crippen MR) is 71.4 cm³/mol. The van der Waals surface area contributed by atoms with Gasteiger partial charge in [-0.05, 0) is 24.3 Å². The number of anilines is 1. The number of nitrogens with zero attached hydrogens (tertiary/aromatic N) is 1.